The molecule has 1 saturated heterocycles. The summed E-state index contributed by atoms with van der Waals surface area (Å²) in [6.07, 6.45) is 0.0301. The van der Waals surface area contributed by atoms with Crippen LogP contribution in [0.15, 0.2) is 0 Å². The van der Waals surface area contributed by atoms with Gasteiger partial charge in [-0.2, -0.15) is 0 Å². The van der Waals surface area contributed by atoms with Gasteiger partial charge in [0.1, 0.15) is 0 Å². The summed E-state index contributed by atoms with van der Waals surface area (Å²) in [5.74, 6) is 0. The molecule has 0 radical (unpaired) electrons. The van der Waals surface area contributed by atoms with E-state index >= 15 is 0 Å². The maximum atomic E-state index is 5.07. The van der Waals surface area contributed by atoms with Gasteiger partial charge in [-0.1, -0.05) is 13.8 Å². The van der Waals surface area contributed by atoms with Crippen molar-refractivity contribution in [3.8, 4) is 0 Å². The first-order valence-electron chi connectivity index (χ1n) is 2.81. The topological polar surface area (TPSA) is 18.5 Å². The van der Waals surface area contributed by atoms with Crippen LogP contribution in [0.4, 0.5) is 0 Å². The first-order valence-corrected chi connectivity index (χ1v) is 2.81. The van der Waals surface area contributed by atoms with E-state index in [9.17, 15) is 0 Å². The second-order valence-electron chi connectivity index (χ2n) is 2.87. The lowest BCUT2D eigenvalue weighted by molar-refractivity contribution is -0.286. The number of rotatable bonds is 1. The van der Waals surface area contributed by atoms with Crippen LogP contribution in [0.2, 0.25) is 0 Å². The van der Waals surface area contributed by atoms with Crippen LogP contribution in [0.5, 0.6) is 0 Å². The van der Waals surface area contributed by atoms with E-state index in [0.717, 1.165) is 6.61 Å². The molecular weight excluding hydrogens is 104 g/mol. The molecule has 2 nitrogen and oxygen atoms in total. The Bertz CT molecular complexity index is 86.5. The lowest BCUT2D eigenvalue weighted by Gasteiger charge is -2.42. The van der Waals surface area contributed by atoms with Crippen molar-refractivity contribution in [3.63, 3.8) is 0 Å². The average molecular weight is 116 g/mol. The summed E-state index contributed by atoms with van der Waals surface area (Å²) in [4.78, 5) is 0. The highest BCUT2D eigenvalue weighted by Gasteiger charge is 2.40. The molecule has 1 fully saturated rings. The molecule has 0 amide bonds. The predicted molar refractivity (Wildman–Crippen MR) is 30.5 cm³/mol. The van der Waals surface area contributed by atoms with Gasteiger partial charge in [0.2, 0.25) is 0 Å². The van der Waals surface area contributed by atoms with Gasteiger partial charge in [-0.15, -0.1) is 0 Å². The number of hydrogen-bond donors (Lipinski definition) is 0. The fourth-order valence-corrected chi connectivity index (χ4v) is 0.872. The maximum absolute atomic E-state index is 5.07. The zero-order valence-corrected chi connectivity index (χ0v) is 5.60. The molecular formula is C6H12O2. The van der Waals surface area contributed by atoms with Gasteiger partial charge in [0.25, 0.3) is 0 Å². The summed E-state index contributed by atoms with van der Waals surface area (Å²) in [7, 11) is 1.67. The van der Waals surface area contributed by atoms with Crippen LogP contribution in [0.3, 0.4) is 0 Å². The molecule has 0 spiro atoms. The van der Waals surface area contributed by atoms with Gasteiger partial charge in [0, 0.05) is 12.5 Å². The van der Waals surface area contributed by atoms with Gasteiger partial charge in [0.05, 0.1) is 6.61 Å². The van der Waals surface area contributed by atoms with Crippen LogP contribution in [-0.2, 0) is 9.47 Å². The van der Waals surface area contributed by atoms with E-state index in [2.05, 4.69) is 13.8 Å². The Morgan fingerprint density at radius 3 is 2.25 bits per heavy atom. The first-order chi connectivity index (χ1) is 3.67. The quantitative estimate of drug-likeness (QED) is 0.509. The Morgan fingerprint density at radius 1 is 1.62 bits per heavy atom. The molecule has 1 aliphatic heterocycles. The number of ether oxygens (including phenoxy) is 2. The van der Waals surface area contributed by atoms with Crippen molar-refractivity contribution in [3.05, 3.63) is 0 Å². The van der Waals surface area contributed by atoms with Gasteiger partial charge in [0.15, 0.2) is 6.29 Å². The molecule has 0 bridgehead atoms. The van der Waals surface area contributed by atoms with Crippen molar-refractivity contribution < 1.29 is 9.47 Å². The summed E-state index contributed by atoms with van der Waals surface area (Å²) < 4.78 is 10.1. The molecule has 1 rings (SSSR count). The lowest BCUT2D eigenvalue weighted by atomic mass is 9.89. The Balaban J connectivity index is 2.37. The molecule has 1 atom stereocenters. The highest BCUT2D eigenvalue weighted by atomic mass is 16.7. The molecule has 0 aromatic heterocycles. The Hall–Kier alpha value is -0.0800. The molecule has 1 aliphatic rings. The minimum absolute atomic E-state index is 0.0301. The van der Waals surface area contributed by atoms with Crippen molar-refractivity contribution in [1.29, 1.82) is 0 Å². The van der Waals surface area contributed by atoms with E-state index in [-0.39, 0.29) is 11.7 Å². The summed E-state index contributed by atoms with van der Waals surface area (Å²) >= 11 is 0. The highest BCUT2D eigenvalue weighted by Crippen LogP contribution is 2.33. The van der Waals surface area contributed by atoms with Gasteiger partial charge >= 0.3 is 0 Å². The molecule has 2 heteroatoms. The highest BCUT2D eigenvalue weighted by molar-refractivity contribution is 4.80. The smallest absolute Gasteiger partial charge is 0.164 e. The molecule has 0 N–H and O–H groups in total. The van der Waals surface area contributed by atoms with Crippen molar-refractivity contribution in [1.82, 2.24) is 0 Å². The van der Waals surface area contributed by atoms with Crippen LogP contribution in [0, 0.1) is 5.41 Å². The maximum Gasteiger partial charge on any atom is 0.164 e. The largest absolute Gasteiger partial charge is 0.355 e. The van der Waals surface area contributed by atoms with Crippen LogP contribution >= 0.6 is 0 Å². The average Bonchev–Trinajstić information content (AvgIpc) is 1.66. The third-order valence-corrected chi connectivity index (χ3v) is 1.46. The van der Waals surface area contributed by atoms with Crippen molar-refractivity contribution in [2.24, 2.45) is 5.41 Å². The van der Waals surface area contributed by atoms with Crippen LogP contribution in [-0.4, -0.2) is 20.0 Å². The molecule has 0 aliphatic carbocycles. The second kappa shape index (κ2) is 1.71. The standard InChI is InChI=1S/C6H12O2/c1-6(2)4-8-5(6)7-3/h5H,4H2,1-3H3. The van der Waals surface area contributed by atoms with Gasteiger partial charge < -0.3 is 9.47 Å². The number of methoxy groups -OCH3 is 1. The van der Waals surface area contributed by atoms with E-state index in [1.165, 1.54) is 0 Å². The molecule has 0 saturated carbocycles. The fraction of sp³-hybridized carbons (Fsp3) is 1.00. The number of hydrogen-bond acceptors (Lipinski definition) is 2. The predicted octanol–water partition coefficient (Wildman–Crippen LogP) is 1.02. The van der Waals surface area contributed by atoms with Gasteiger partial charge in [-0.05, 0) is 0 Å². The van der Waals surface area contributed by atoms with Crippen LogP contribution in [0.25, 0.3) is 0 Å². The van der Waals surface area contributed by atoms with Crippen LogP contribution in [0.1, 0.15) is 13.8 Å². The van der Waals surface area contributed by atoms with Gasteiger partial charge in [-0.25, -0.2) is 0 Å². The molecule has 1 unspecified atom stereocenters. The minimum atomic E-state index is 0.0301. The van der Waals surface area contributed by atoms with E-state index in [0.29, 0.717) is 0 Å². The lowest BCUT2D eigenvalue weighted by Crippen LogP contribution is -2.48. The second-order valence-corrected chi connectivity index (χ2v) is 2.87. The van der Waals surface area contributed by atoms with E-state index in [1.807, 2.05) is 0 Å². The zero-order valence-electron chi connectivity index (χ0n) is 5.60. The van der Waals surface area contributed by atoms with Crippen molar-refractivity contribution in [2.75, 3.05) is 13.7 Å². The Kier molecular flexibility index (Phi) is 1.29. The Labute approximate surface area is 49.8 Å². The summed E-state index contributed by atoms with van der Waals surface area (Å²) in [5, 5.41) is 0. The normalized spacial score (nSPS) is 34.1. The fourth-order valence-electron chi connectivity index (χ4n) is 0.872. The summed E-state index contributed by atoms with van der Waals surface area (Å²) in [6.45, 7) is 5.08. The zero-order chi connectivity index (χ0) is 6.20. The van der Waals surface area contributed by atoms with Crippen LogP contribution < -0.4 is 0 Å². The SMILES string of the molecule is COC1OCC1(C)C. The summed E-state index contributed by atoms with van der Waals surface area (Å²) in [5.41, 5.74) is 0.245. The van der Waals surface area contributed by atoms with Gasteiger partial charge in [-0.3, -0.25) is 0 Å². The monoisotopic (exact) mass is 116 g/mol. The third kappa shape index (κ3) is 0.740. The van der Waals surface area contributed by atoms with E-state index < -0.39 is 0 Å². The molecule has 1 heterocycles. The minimum Gasteiger partial charge on any atom is -0.355 e. The summed E-state index contributed by atoms with van der Waals surface area (Å²) in [6, 6.07) is 0. The van der Waals surface area contributed by atoms with E-state index in [4.69, 9.17) is 9.47 Å². The molecule has 0 aromatic carbocycles. The molecule has 8 heavy (non-hydrogen) atoms. The van der Waals surface area contributed by atoms with Crippen molar-refractivity contribution in [2.45, 2.75) is 20.1 Å². The van der Waals surface area contributed by atoms with E-state index in [1.54, 1.807) is 7.11 Å². The van der Waals surface area contributed by atoms with Crippen molar-refractivity contribution >= 4 is 0 Å². The molecule has 0 aromatic rings. The third-order valence-electron chi connectivity index (χ3n) is 1.46. The first kappa shape index (κ1) is 6.05. The molecule has 48 valence electrons. The Morgan fingerprint density at radius 2 is 2.25 bits per heavy atom.